The zero-order chi connectivity index (χ0) is 12.4. The molecule has 0 saturated heterocycles. The number of hydrogen-bond acceptors (Lipinski definition) is 2. The third-order valence-corrected chi connectivity index (χ3v) is 3.25. The van der Waals surface area contributed by atoms with Crippen molar-refractivity contribution >= 4 is 28.2 Å². The number of aromatic nitrogens is 1. The van der Waals surface area contributed by atoms with E-state index in [2.05, 4.69) is 25.2 Å². The molecule has 0 saturated carbocycles. The summed E-state index contributed by atoms with van der Waals surface area (Å²) in [5.41, 5.74) is 4.36. The molecule has 0 radical (unpaired) electrons. The van der Waals surface area contributed by atoms with Crippen LogP contribution in [0.5, 0.6) is 0 Å². The highest BCUT2D eigenvalue weighted by Gasteiger charge is 2.10. The van der Waals surface area contributed by atoms with Crippen LogP contribution in [0.3, 0.4) is 0 Å². The number of nitrogens with zero attached hydrogens (tertiary/aromatic N) is 1. The highest BCUT2D eigenvalue weighted by Crippen LogP contribution is 2.32. The minimum absolute atomic E-state index is 0.755. The Kier molecular flexibility index (Phi) is 3.53. The predicted octanol–water partition coefficient (Wildman–Crippen LogP) is 4.19. The van der Waals surface area contributed by atoms with Gasteiger partial charge >= 0.3 is 0 Å². The molecule has 0 amide bonds. The van der Waals surface area contributed by atoms with Crippen LogP contribution < -0.4 is 5.32 Å². The van der Waals surface area contributed by atoms with Gasteiger partial charge in [0, 0.05) is 23.8 Å². The Balaban J connectivity index is 2.77. The SMILES string of the molecule is CCCc1cc(NC)c2c(Cl)ccc(C)c2n1. The summed E-state index contributed by atoms with van der Waals surface area (Å²) in [6.07, 6.45) is 2.10. The minimum Gasteiger partial charge on any atom is -0.387 e. The van der Waals surface area contributed by atoms with E-state index >= 15 is 0 Å². The Bertz CT molecular complexity index is 549. The third kappa shape index (κ3) is 2.22. The highest BCUT2D eigenvalue weighted by atomic mass is 35.5. The Morgan fingerprint density at radius 3 is 2.76 bits per heavy atom. The van der Waals surface area contributed by atoms with E-state index in [1.807, 2.05) is 19.2 Å². The quantitative estimate of drug-likeness (QED) is 0.881. The Morgan fingerprint density at radius 1 is 1.35 bits per heavy atom. The van der Waals surface area contributed by atoms with Gasteiger partial charge < -0.3 is 5.32 Å². The van der Waals surface area contributed by atoms with Crippen molar-refractivity contribution in [2.24, 2.45) is 0 Å². The van der Waals surface area contributed by atoms with Crippen LogP contribution in [0.1, 0.15) is 24.6 Å². The number of hydrogen-bond donors (Lipinski definition) is 1. The highest BCUT2D eigenvalue weighted by molar-refractivity contribution is 6.36. The van der Waals surface area contributed by atoms with Gasteiger partial charge in [-0.05, 0) is 31.0 Å². The average Bonchev–Trinajstić information content (AvgIpc) is 2.33. The molecule has 0 spiro atoms. The van der Waals surface area contributed by atoms with Gasteiger partial charge in [0.25, 0.3) is 0 Å². The predicted molar refractivity (Wildman–Crippen MR) is 75.0 cm³/mol. The Labute approximate surface area is 107 Å². The molecule has 1 heterocycles. The lowest BCUT2D eigenvalue weighted by atomic mass is 10.1. The summed E-state index contributed by atoms with van der Waals surface area (Å²) in [7, 11) is 1.92. The molecule has 3 heteroatoms. The van der Waals surface area contributed by atoms with Crippen molar-refractivity contribution in [2.75, 3.05) is 12.4 Å². The number of nitrogens with one attached hydrogen (secondary N) is 1. The molecule has 2 rings (SSSR count). The van der Waals surface area contributed by atoms with Crippen LogP contribution >= 0.6 is 11.6 Å². The van der Waals surface area contributed by atoms with Crippen molar-refractivity contribution in [1.82, 2.24) is 4.98 Å². The molecule has 0 fully saturated rings. The minimum atomic E-state index is 0.755. The second-order valence-electron chi connectivity index (χ2n) is 4.25. The molecule has 1 aromatic heterocycles. The largest absolute Gasteiger partial charge is 0.387 e. The third-order valence-electron chi connectivity index (χ3n) is 2.94. The zero-order valence-corrected chi connectivity index (χ0v) is 11.2. The fourth-order valence-corrected chi connectivity index (χ4v) is 2.32. The van der Waals surface area contributed by atoms with E-state index < -0.39 is 0 Å². The van der Waals surface area contributed by atoms with Gasteiger partial charge in [-0.25, -0.2) is 0 Å². The second kappa shape index (κ2) is 4.92. The molecule has 0 unspecified atom stereocenters. The van der Waals surface area contributed by atoms with E-state index in [4.69, 9.17) is 16.6 Å². The summed E-state index contributed by atoms with van der Waals surface area (Å²) in [6, 6.07) is 6.05. The number of aryl methyl sites for hydroxylation is 2. The summed E-state index contributed by atoms with van der Waals surface area (Å²) < 4.78 is 0. The van der Waals surface area contributed by atoms with Crippen LogP contribution in [0.25, 0.3) is 10.9 Å². The number of pyridine rings is 1. The molecule has 0 aliphatic rings. The lowest BCUT2D eigenvalue weighted by molar-refractivity contribution is 0.889. The number of benzene rings is 1. The molecular weight excluding hydrogens is 232 g/mol. The first-order chi connectivity index (χ1) is 8.17. The topological polar surface area (TPSA) is 24.9 Å². The van der Waals surface area contributed by atoms with Crippen LogP contribution in [-0.2, 0) is 6.42 Å². The van der Waals surface area contributed by atoms with Crippen molar-refractivity contribution in [3.05, 3.63) is 34.5 Å². The monoisotopic (exact) mass is 248 g/mol. The number of rotatable bonds is 3. The smallest absolute Gasteiger partial charge is 0.0770 e. The van der Waals surface area contributed by atoms with Crippen molar-refractivity contribution in [2.45, 2.75) is 26.7 Å². The summed E-state index contributed by atoms with van der Waals surface area (Å²) in [6.45, 7) is 4.23. The van der Waals surface area contributed by atoms with Gasteiger partial charge in [-0.3, -0.25) is 4.98 Å². The Morgan fingerprint density at radius 2 is 2.12 bits per heavy atom. The van der Waals surface area contributed by atoms with Crippen LogP contribution in [0.2, 0.25) is 5.02 Å². The number of fused-ring (bicyclic) bond motifs is 1. The first-order valence-corrected chi connectivity index (χ1v) is 6.31. The molecule has 0 aliphatic heterocycles. The van der Waals surface area contributed by atoms with E-state index in [1.54, 1.807) is 0 Å². The summed E-state index contributed by atoms with van der Waals surface area (Å²) in [5.74, 6) is 0. The maximum absolute atomic E-state index is 6.26. The fraction of sp³-hybridized carbons (Fsp3) is 0.357. The normalized spacial score (nSPS) is 10.8. The fourth-order valence-electron chi connectivity index (χ4n) is 2.07. The Hall–Kier alpha value is -1.28. The summed E-state index contributed by atoms with van der Waals surface area (Å²) in [4.78, 5) is 4.71. The molecule has 1 aromatic carbocycles. The van der Waals surface area contributed by atoms with Gasteiger partial charge in [-0.1, -0.05) is 31.0 Å². The summed E-state index contributed by atoms with van der Waals surface area (Å²) in [5, 5.41) is 4.99. The van der Waals surface area contributed by atoms with Crippen molar-refractivity contribution in [3.63, 3.8) is 0 Å². The van der Waals surface area contributed by atoms with E-state index in [0.717, 1.165) is 40.1 Å². The molecule has 2 nitrogen and oxygen atoms in total. The molecule has 0 atom stereocenters. The molecule has 0 aliphatic carbocycles. The first-order valence-electron chi connectivity index (χ1n) is 5.93. The summed E-state index contributed by atoms with van der Waals surface area (Å²) >= 11 is 6.26. The van der Waals surface area contributed by atoms with Crippen molar-refractivity contribution in [3.8, 4) is 0 Å². The van der Waals surface area contributed by atoms with Gasteiger partial charge in [0.2, 0.25) is 0 Å². The number of halogens is 1. The lowest BCUT2D eigenvalue weighted by Gasteiger charge is -2.11. The van der Waals surface area contributed by atoms with E-state index in [9.17, 15) is 0 Å². The van der Waals surface area contributed by atoms with Crippen LogP contribution in [0.15, 0.2) is 18.2 Å². The molecule has 2 aromatic rings. The second-order valence-corrected chi connectivity index (χ2v) is 4.66. The van der Waals surface area contributed by atoms with Gasteiger partial charge in [-0.2, -0.15) is 0 Å². The van der Waals surface area contributed by atoms with E-state index in [1.165, 1.54) is 5.56 Å². The average molecular weight is 249 g/mol. The molecule has 0 bridgehead atoms. The molecule has 90 valence electrons. The van der Waals surface area contributed by atoms with Gasteiger partial charge in [0.05, 0.1) is 10.5 Å². The van der Waals surface area contributed by atoms with E-state index in [-0.39, 0.29) is 0 Å². The molecule has 1 N–H and O–H groups in total. The van der Waals surface area contributed by atoms with Gasteiger partial charge in [0.1, 0.15) is 0 Å². The molecule has 17 heavy (non-hydrogen) atoms. The first kappa shape index (κ1) is 12.2. The van der Waals surface area contributed by atoms with Crippen LogP contribution in [0.4, 0.5) is 5.69 Å². The lowest BCUT2D eigenvalue weighted by Crippen LogP contribution is -1.98. The standard InChI is InChI=1S/C14H17ClN2/c1-4-5-10-8-12(16-3)13-11(15)7-6-9(2)14(13)17-10/h6-8H,4-5H2,1-3H3,(H,16,17). The maximum atomic E-state index is 6.26. The van der Waals surface area contributed by atoms with Crippen LogP contribution in [-0.4, -0.2) is 12.0 Å². The van der Waals surface area contributed by atoms with Crippen molar-refractivity contribution in [1.29, 1.82) is 0 Å². The van der Waals surface area contributed by atoms with Gasteiger partial charge in [0.15, 0.2) is 0 Å². The van der Waals surface area contributed by atoms with Crippen LogP contribution in [0, 0.1) is 6.92 Å². The van der Waals surface area contributed by atoms with Crippen molar-refractivity contribution < 1.29 is 0 Å². The molecular formula is C14H17ClN2. The number of anilines is 1. The van der Waals surface area contributed by atoms with Gasteiger partial charge in [-0.15, -0.1) is 0 Å². The maximum Gasteiger partial charge on any atom is 0.0770 e. The van der Waals surface area contributed by atoms with E-state index in [0.29, 0.717) is 0 Å². The zero-order valence-electron chi connectivity index (χ0n) is 10.5.